The Balaban J connectivity index is 2.16. The second-order valence-electron chi connectivity index (χ2n) is 5.67. The van der Waals surface area contributed by atoms with Crippen molar-refractivity contribution < 1.29 is 9.59 Å². The topological polar surface area (TPSA) is 61.4 Å². The van der Waals surface area contributed by atoms with Crippen LogP contribution in [0.3, 0.4) is 0 Å². The summed E-state index contributed by atoms with van der Waals surface area (Å²) in [5, 5.41) is 6.11. The fourth-order valence-corrected chi connectivity index (χ4v) is 2.74. The van der Waals surface area contributed by atoms with E-state index in [2.05, 4.69) is 10.6 Å². The van der Waals surface area contributed by atoms with Gasteiger partial charge in [-0.25, -0.2) is 0 Å². The number of nitrogens with zero attached hydrogens (tertiary/aromatic N) is 1. The molecular formula is C16H23N3O2. The number of hydrogen-bond donors (Lipinski definition) is 2. The van der Waals surface area contributed by atoms with Crippen molar-refractivity contribution in [2.75, 3.05) is 33.7 Å². The largest absolute Gasteiger partial charge is 0.347 e. The molecule has 0 aliphatic carbocycles. The number of amides is 2. The zero-order chi connectivity index (χ0) is 15.3. The monoisotopic (exact) mass is 289 g/mol. The van der Waals surface area contributed by atoms with Crippen LogP contribution in [-0.4, -0.2) is 50.4 Å². The molecule has 2 rings (SSSR count). The Hall–Kier alpha value is -1.88. The lowest BCUT2D eigenvalue weighted by Gasteiger charge is -2.36. The van der Waals surface area contributed by atoms with Gasteiger partial charge in [0.25, 0.3) is 0 Å². The van der Waals surface area contributed by atoms with Crippen LogP contribution in [0.25, 0.3) is 0 Å². The molecule has 2 amide bonds. The highest BCUT2D eigenvalue weighted by Gasteiger charge is 2.41. The van der Waals surface area contributed by atoms with Gasteiger partial charge in [0.1, 0.15) is 0 Å². The maximum atomic E-state index is 12.7. The summed E-state index contributed by atoms with van der Waals surface area (Å²) in [6, 6.07) is 9.86. The van der Waals surface area contributed by atoms with E-state index in [1.807, 2.05) is 30.3 Å². The second-order valence-corrected chi connectivity index (χ2v) is 5.67. The first-order valence-electron chi connectivity index (χ1n) is 7.31. The highest BCUT2D eigenvalue weighted by atomic mass is 16.2. The van der Waals surface area contributed by atoms with Crippen LogP contribution in [0.2, 0.25) is 0 Å². The quantitative estimate of drug-likeness (QED) is 0.849. The van der Waals surface area contributed by atoms with Gasteiger partial charge in [0.15, 0.2) is 0 Å². The lowest BCUT2D eigenvalue weighted by molar-refractivity contribution is -0.133. The molecule has 1 aliphatic heterocycles. The normalized spacial score (nSPS) is 17.0. The molecule has 5 nitrogen and oxygen atoms in total. The van der Waals surface area contributed by atoms with Gasteiger partial charge in [-0.15, -0.1) is 0 Å². The van der Waals surface area contributed by atoms with E-state index >= 15 is 0 Å². The summed E-state index contributed by atoms with van der Waals surface area (Å²) in [4.78, 5) is 25.9. The van der Waals surface area contributed by atoms with Crippen LogP contribution in [-0.2, 0) is 15.0 Å². The summed E-state index contributed by atoms with van der Waals surface area (Å²) in [6.45, 7) is 1.67. The molecule has 0 radical (unpaired) electrons. The smallest absolute Gasteiger partial charge is 0.241 e. The van der Waals surface area contributed by atoms with Crippen molar-refractivity contribution in [2.45, 2.75) is 18.3 Å². The molecule has 0 bridgehead atoms. The van der Waals surface area contributed by atoms with Gasteiger partial charge in [-0.3, -0.25) is 9.59 Å². The van der Waals surface area contributed by atoms with Crippen LogP contribution in [0.1, 0.15) is 18.4 Å². The number of hydrogen-bond acceptors (Lipinski definition) is 3. The molecule has 0 unspecified atom stereocenters. The maximum Gasteiger partial charge on any atom is 0.241 e. The van der Waals surface area contributed by atoms with Crippen molar-refractivity contribution in [3.63, 3.8) is 0 Å². The average Bonchev–Trinajstić information content (AvgIpc) is 2.53. The summed E-state index contributed by atoms with van der Waals surface area (Å²) < 4.78 is 0. The molecule has 1 heterocycles. The number of likely N-dealkylation sites (N-methyl/N-ethyl adjacent to an activating group) is 1. The molecule has 114 valence electrons. The molecule has 21 heavy (non-hydrogen) atoms. The SMILES string of the molecule is CN(C)C(=O)CNC(=O)C1(c2ccccc2)CCNCC1. The number of rotatable bonds is 4. The predicted molar refractivity (Wildman–Crippen MR) is 81.9 cm³/mol. The standard InChI is InChI=1S/C16H23N3O2/c1-19(2)14(20)12-18-15(21)16(8-10-17-11-9-16)13-6-4-3-5-7-13/h3-7,17H,8-12H2,1-2H3,(H,18,21). The van der Waals surface area contributed by atoms with Crippen molar-refractivity contribution >= 4 is 11.8 Å². The Labute approximate surface area is 125 Å². The molecule has 1 aliphatic rings. The first kappa shape index (κ1) is 15.5. The summed E-state index contributed by atoms with van der Waals surface area (Å²) in [6.07, 6.45) is 1.50. The van der Waals surface area contributed by atoms with Crippen LogP contribution in [0.15, 0.2) is 30.3 Å². The van der Waals surface area contributed by atoms with Gasteiger partial charge >= 0.3 is 0 Å². The third-order valence-electron chi connectivity index (χ3n) is 4.12. The zero-order valence-electron chi connectivity index (χ0n) is 12.7. The van der Waals surface area contributed by atoms with E-state index in [0.717, 1.165) is 31.5 Å². The predicted octanol–water partition coefficient (Wildman–Crippen LogP) is 0.512. The fraction of sp³-hybridized carbons (Fsp3) is 0.500. The number of piperidine rings is 1. The second kappa shape index (κ2) is 6.72. The van der Waals surface area contributed by atoms with E-state index in [1.165, 1.54) is 4.90 Å². The molecule has 0 aromatic heterocycles. The van der Waals surface area contributed by atoms with Crippen molar-refractivity contribution in [3.8, 4) is 0 Å². The van der Waals surface area contributed by atoms with Crippen molar-refractivity contribution in [1.82, 2.24) is 15.5 Å². The third-order valence-corrected chi connectivity index (χ3v) is 4.12. The highest BCUT2D eigenvalue weighted by Crippen LogP contribution is 2.33. The van der Waals surface area contributed by atoms with Gasteiger partial charge < -0.3 is 15.5 Å². The molecule has 2 N–H and O–H groups in total. The lowest BCUT2D eigenvalue weighted by Crippen LogP contribution is -2.52. The Bertz CT molecular complexity index is 494. The Morgan fingerprint density at radius 3 is 2.38 bits per heavy atom. The molecule has 1 saturated heterocycles. The minimum Gasteiger partial charge on any atom is -0.347 e. The van der Waals surface area contributed by atoms with Gasteiger partial charge in [0, 0.05) is 14.1 Å². The molecule has 1 aromatic carbocycles. The lowest BCUT2D eigenvalue weighted by atomic mass is 9.72. The van der Waals surface area contributed by atoms with E-state index in [4.69, 9.17) is 0 Å². The van der Waals surface area contributed by atoms with E-state index < -0.39 is 5.41 Å². The van der Waals surface area contributed by atoms with Crippen LogP contribution < -0.4 is 10.6 Å². The molecule has 1 fully saturated rings. The Morgan fingerprint density at radius 1 is 1.19 bits per heavy atom. The van der Waals surface area contributed by atoms with Crippen LogP contribution in [0, 0.1) is 0 Å². The molecule has 5 heteroatoms. The summed E-state index contributed by atoms with van der Waals surface area (Å²) in [5.41, 5.74) is 0.500. The number of carbonyl (C=O) groups is 2. The van der Waals surface area contributed by atoms with Crippen LogP contribution in [0.5, 0.6) is 0 Å². The van der Waals surface area contributed by atoms with Crippen LogP contribution >= 0.6 is 0 Å². The van der Waals surface area contributed by atoms with Gasteiger partial charge in [0.05, 0.1) is 12.0 Å². The van der Waals surface area contributed by atoms with E-state index in [-0.39, 0.29) is 18.4 Å². The van der Waals surface area contributed by atoms with Crippen molar-refractivity contribution in [2.24, 2.45) is 0 Å². The molecular weight excluding hydrogens is 266 g/mol. The van der Waals surface area contributed by atoms with Gasteiger partial charge in [0.2, 0.25) is 11.8 Å². The summed E-state index contributed by atoms with van der Waals surface area (Å²) in [7, 11) is 3.37. The van der Waals surface area contributed by atoms with Crippen molar-refractivity contribution in [3.05, 3.63) is 35.9 Å². The summed E-state index contributed by atoms with van der Waals surface area (Å²) in [5.74, 6) is -0.147. The fourth-order valence-electron chi connectivity index (χ4n) is 2.74. The number of nitrogens with one attached hydrogen (secondary N) is 2. The first-order chi connectivity index (χ1) is 10.1. The van der Waals surface area contributed by atoms with Gasteiger partial charge in [-0.2, -0.15) is 0 Å². The average molecular weight is 289 g/mol. The number of carbonyl (C=O) groups excluding carboxylic acids is 2. The van der Waals surface area contributed by atoms with Gasteiger partial charge in [-0.1, -0.05) is 30.3 Å². The van der Waals surface area contributed by atoms with Crippen molar-refractivity contribution in [1.29, 1.82) is 0 Å². The zero-order valence-corrected chi connectivity index (χ0v) is 12.7. The third kappa shape index (κ3) is 3.42. The van der Waals surface area contributed by atoms with E-state index in [0.29, 0.717) is 0 Å². The summed E-state index contributed by atoms with van der Waals surface area (Å²) >= 11 is 0. The Kier molecular flexibility index (Phi) is 4.96. The molecule has 0 saturated carbocycles. The van der Waals surface area contributed by atoms with E-state index in [1.54, 1.807) is 14.1 Å². The maximum absolute atomic E-state index is 12.7. The van der Waals surface area contributed by atoms with E-state index in [9.17, 15) is 9.59 Å². The first-order valence-corrected chi connectivity index (χ1v) is 7.31. The minimum absolute atomic E-state index is 0.0494. The Morgan fingerprint density at radius 2 is 1.81 bits per heavy atom. The molecule has 0 spiro atoms. The number of benzene rings is 1. The highest BCUT2D eigenvalue weighted by molar-refractivity contribution is 5.91. The van der Waals surface area contributed by atoms with Gasteiger partial charge in [-0.05, 0) is 31.5 Å². The molecule has 1 aromatic rings. The molecule has 0 atom stereocenters. The van der Waals surface area contributed by atoms with Crippen LogP contribution in [0.4, 0.5) is 0 Å². The minimum atomic E-state index is -0.529.